The van der Waals surface area contributed by atoms with Gasteiger partial charge in [0.1, 0.15) is 0 Å². The summed E-state index contributed by atoms with van der Waals surface area (Å²) in [7, 11) is -3.47. The smallest absolute Gasteiger partial charge is 0.254 e. The van der Waals surface area contributed by atoms with Gasteiger partial charge in [-0.3, -0.25) is 4.79 Å². The average Bonchev–Trinajstić information content (AvgIpc) is 2.80. The monoisotopic (exact) mass is 522 g/mol. The molecule has 0 aliphatic carbocycles. The average molecular weight is 524 g/mol. The zero-order valence-corrected chi connectivity index (χ0v) is 20.8. The van der Waals surface area contributed by atoms with Gasteiger partial charge in [-0.2, -0.15) is 0 Å². The second kappa shape index (κ2) is 9.55. The van der Waals surface area contributed by atoms with Crippen LogP contribution in [0.15, 0.2) is 65.6 Å². The second-order valence-corrected chi connectivity index (χ2v) is 11.1. The predicted octanol–water partition coefficient (Wildman–Crippen LogP) is 5.68. The molecule has 0 atom stereocenters. The van der Waals surface area contributed by atoms with Gasteiger partial charge in [-0.25, -0.2) is 8.42 Å². The number of amides is 1. The van der Waals surface area contributed by atoms with Crippen molar-refractivity contribution in [2.45, 2.75) is 4.90 Å². The Balaban J connectivity index is 1.61. The summed E-state index contributed by atoms with van der Waals surface area (Å²) in [5, 5.41) is 1.56. The Bertz CT molecular complexity index is 1300. The number of halogens is 3. The summed E-state index contributed by atoms with van der Waals surface area (Å²) in [6.45, 7) is 2.21. The zero-order chi connectivity index (χ0) is 23.8. The fourth-order valence-electron chi connectivity index (χ4n) is 3.83. The first-order chi connectivity index (χ1) is 15.6. The number of carbonyl (C=O) groups is 1. The van der Waals surface area contributed by atoms with Gasteiger partial charge in [0.05, 0.1) is 14.9 Å². The summed E-state index contributed by atoms with van der Waals surface area (Å²) < 4.78 is 24.3. The molecule has 3 aromatic rings. The van der Waals surface area contributed by atoms with Gasteiger partial charge in [-0.1, -0.05) is 53.0 Å². The highest BCUT2D eigenvalue weighted by atomic mass is 35.5. The Kier molecular flexibility index (Phi) is 6.91. The number of carbonyl (C=O) groups excluding carboxylic acids is 1. The van der Waals surface area contributed by atoms with Crippen molar-refractivity contribution in [2.24, 2.45) is 0 Å². The van der Waals surface area contributed by atoms with Gasteiger partial charge >= 0.3 is 0 Å². The van der Waals surface area contributed by atoms with E-state index in [4.69, 9.17) is 34.8 Å². The van der Waals surface area contributed by atoms with Crippen molar-refractivity contribution < 1.29 is 13.2 Å². The molecule has 33 heavy (non-hydrogen) atoms. The summed E-state index contributed by atoms with van der Waals surface area (Å²) >= 11 is 18.2. The Morgan fingerprint density at radius 2 is 1.48 bits per heavy atom. The van der Waals surface area contributed by atoms with Crippen molar-refractivity contribution in [3.63, 3.8) is 0 Å². The Morgan fingerprint density at radius 1 is 0.818 bits per heavy atom. The van der Waals surface area contributed by atoms with Gasteiger partial charge in [0.15, 0.2) is 9.84 Å². The molecular weight excluding hydrogens is 503 g/mol. The van der Waals surface area contributed by atoms with Crippen LogP contribution in [0.1, 0.15) is 10.4 Å². The standard InChI is InChI=1S/C24H21Cl3N2O3S/c1-33(31,32)19-7-8-20(16-2-4-17(25)5-3-16)21(15-19)24(30)29-12-10-28(11-13-29)18-6-9-22(26)23(27)14-18/h2-9,14-15H,10-13H2,1H3. The van der Waals surface area contributed by atoms with E-state index in [2.05, 4.69) is 4.90 Å². The van der Waals surface area contributed by atoms with Crippen molar-refractivity contribution in [1.82, 2.24) is 4.90 Å². The fraction of sp³-hybridized carbons (Fsp3) is 0.208. The normalized spacial score (nSPS) is 14.4. The Hall–Kier alpha value is -2.25. The third-order valence-corrected chi connectivity index (χ3v) is 7.74. The summed E-state index contributed by atoms with van der Waals surface area (Å²) in [5.74, 6) is -0.209. The summed E-state index contributed by atoms with van der Waals surface area (Å²) in [6, 6.07) is 17.3. The molecule has 1 amide bonds. The van der Waals surface area contributed by atoms with E-state index in [-0.39, 0.29) is 10.8 Å². The van der Waals surface area contributed by atoms with E-state index in [9.17, 15) is 13.2 Å². The van der Waals surface area contributed by atoms with Crippen LogP contribution in [0.3, 0.4) is 0 Å². The van der Waals surface area contributed by atoms with Gasteiger partial charge in [-0.15, -0.1) is 0 Å². The minimum atomic E-state index is -3.47. The van der Waals surface area contributed by atoms with E-state index in [0.29, 0.717) is 52.4 Å². The highest BCUT2D eigenvalue weighted by molar-refractivity contribution is 7.90. The van der Waals surface area contributed by atoms with Crippen LogP contribution in [0.4, 0.5) is 5.69 Å². The first-order valence-corrected chi connectivity index (χ1v) is 13.3. The van der Waals surface area contributed by atoms with Crippen LogP contribution in [0, 0.1) is 0 Å². The predicted molar refractivity (Wildman–Crippen MR) is 135 cm³/mol. The molecular formula is C24H21Cl3N2O3S. The van der Waals surface area contributed by atoms with Gasteiger partial charge in [-0.05, 0) is 53.6 Å². The molecule has 1 fully saturated rings. The van der Waals surface area contributed by atoms with Gasteiger partial charge in [0.25, 0.3) is 5.91 Å². The molecule has 0 saturated carbocycles. The van der Waals surface area contributed by atoms with E-state index in [1.54, 1.807) is 29.2 Å². The van der Waals surface area contributed by atoms with Gasteiger partial charge in [0, 0.05) is 48.7 Å². The van der Waals surface area contributed by atoms with Crippen molar-refractivity contribution in [2.75, 3.05) is 37.3 Å². The van der Waals surface area contributed by atoms with Crippen LogP contribution in [0.25, 0.3) is 11.1 Å². The number of nitrogens with zero attached hydrogens (tertiary/aromatic N) is 2. The lowest BCUT2D eigenvalue weighted by atomic mass is 9.98. The summed E-state index contributed by atoms with van der Waals surface area (Å²) in [6.07, 6.45) is 1.13. The second-order valence-electron chi connectivity index (χ2n) is 7.86. The molecule has 4 rings (SSSR count). The number of sulfone groups is 1. The molecule has 1 aliphatic heterocycles. The third kappa shape index (κ3) is 5.30. The molecule has 172 valence electrons. The van der Waals surface area contributed by atoms with E-state index in [1.165, 1.54) is 12.1 Å². The van der Waals surface area contributed by atoms with Crippen molar-refractivity contribution in [1.29, 1.82) is 0 Å². The minimum Gasteiger partial charge on any atom is -0.368 e. The van der Waals surface area contributed by atoms with Crippen LogP contribution in [-0.2, 0) is 9.84 Å². The van der Waals surface area contributed by atoms with Crippen molar-refractivity contribution in [3.8, 4) is 11.1 Å². The maximum atomic E-state index is 13.5. The highest BCUT2D eigenvalue weighted by Crippen LogP contribution is 2.30. The Morgan fingerprint density at radius 3 is 2.09 bits per heavy atom. The number of hydrogen-bond donors (Lipinski definition) is 0. The fourth-order valence-corrected chi connectivity index (χ4v) is 4.90. The maximum absolute atomic E-state index is 13.5. The Labute approximate surface area is 208 Å². The minimum absolute atomic E-state index is 0.109. The topological polar surface area (TPSA) is 57.7 Å². The van der Waals surface area contributed by atoms with Crippen LogP contribution in [0.2, 0.25) is 15.1 Å². The molecule has 5 nitrogen and oxygen atoms in total. The lowest BCUT2D eigenvalue weighted by Gasteiger charge is -2.36. The molecule has 0 unspecified atom stereocenters. The van der Waals surface area contributed by atoms with E-state index >= 15 is 0 Å². The lowest BCUT2D eigenvalue weighted by Crippen LogP contribution is -2.49. The number of rotatable bonds is 4. The van der Waals surface area contributed by atoms with E-state index < -0.39 is 9.84 Å². The van der Waals surface area contributed by atoms with E-state index in [1.807, 2.05) is 24.3 Å². The highest BCUT2D eigenvalue weighted by Gasteiger charge is 2.26. The van der Waals surface area contributed by atoms with Crippen molar-refractivity contribution in [3.05, 3.63) is 81.3 Å². The molecule has 1 saturated heterocycles. The summed E-state index contributed by atoms with van der Waals surface area (Å²) in [5.41, 5.74) is 2.74. The third-order valence-electron chi connectivity index (χ3n) is 5.64. The first-order valence-electron chi connectivity index (χ1n) is 10.2. The van der Waals surface area contributed by atoms with Crippen molar-refractivity contribution >= 4 is 56.2 Å². The zero-order valence-electron chi connectivity index (χ0n) is 17.8. The van der Waals surface area contributed by atoms with Gasteiger partial charge < -0.3 is 9.80 Å². The quantitative estimate of drug-likeness (QED) is 0.441. The first kappa shape index (κ1) is 23.9. The van der Waals surface area contributed by atoms with Gasteiger partial charge in [0.2, 0.25) is 0 Å². The van der Waals surface area contributed by atoms with E-state index in [0.717, 1.165) is 17.5 Å². The molecule has 1 heterocycles. The van der Waals surface area contributed by atoms with Crippen LogP contribution < -0.4 is 4.90 Å². The number of anilines is 1. The van der Waals surface area contributed by atoms with Crippen LogP contribution >= 0.6 is 34.8 Å². The largest absolute Gasteiger partial charge is 0.368 e. The maximum Gasteiger partial charge on any atom is 0.254 e. The molecule has 0 spiro atoms. The lowest BCUT2D eigenvalue weighted by molar-refractivity contribution is 0.0747. The molecule has 0 aromatic heterocycles. The van der Waals surface area contributed by atoms with Crippen LogP contribution in [0.5, 0.6) is 0 Å². The van der Waals surface area contributed by atoms with Crippen LogP contribution in [-0.4, -0.2) is 51.7 Å². The molecule has 9 heteroatoms. The number of benzene rings is 3. The molecule has 1 aliphatic rings. The number of piperazine rings is 1. The number of hydrogen-bond acceptors (Lipinski definition) is 4. The molecule has 3 aromatic carbocycles. The summed E-state index contributed by atoms with van der Waals surface area (Å²) in [4.78, 5) is 17.5. The molecule has 0 radical (unpaired) electrons. The molecule has 0 bridgehead atoms. The molecule has 0 N–H and O–H groups in total. The SMILES string of the molecule is CS(=O)(=O)c1ccc(-c2ccc(Cl)cc2)c(C(=O)N2CCN(c3ccc(Cl)c(Cl)c3)CC2)c1.